The molecule has 0 spiro atoms. The Balaban J connectivity index is 0.000000246. The number of hydrogen-bond acceptors (Lipinski definition) is 10. The number of methoxy groups -OCH3 is 2. The first kappa shape index (κ1) is 34.9. The monoisotopic (exact) mass is 632 g/mol. The summed E-state index contributed by atoms with van der Waals surface area (Å²) in [7, 11) is 2.69. The van der Waals surface area contributed by atoms with Gasteiger partial charge in [0, 0.05) is 18.1 Å². The fraction of sp³-hybridized carbons (Fsp3) is 0.353. The zero-order valence-electron chi connectivity index (χ0n) is 27.5. The van der Waals surface area contributed by atoms with Gasteiger partial charge in [0.15, 0.2) is 0 Å². The number of carbonyl (C=O) groups excluding carboxylic acids is 2. The van der Waals surface area contributed by atoms with Crippen LogP contribution in [0.5, 0.6) is 0 Å². The predicted molar refractivity (Wildman–Crippen MR) is 178 cm³/mol. The second-order valence-corrected chi connectivity index (χ2v) is 11.5. The summed E-state index contributed by atoms with van der Waals surface area (Å²) in [5.41, 5.74) is 7.83. The maximum Gasteiger partial charge on any atom is 0.341 e. The molecule has 0 radical (unpaired) electrons. The third-order valence-corrected chi connectivity index (χ3v) is 7.34. The standard InChI is InChI=1S/C17H20ClN3O2.C17H21N3O2/c1-9(2)14-15(10(3)6-7-19-14)21-16-12(17(22)23-5)8-13(18)11(4)20-16;1-10(2)14-15(11(3)8-9-18-14)20-16-13(17(21)22-5)7-6-12(4)19-16/h6-9H,1-5H3,(H,20,21);6-10H,1-5H3,(H,19,20). The number of hydrogen-bond donors (Lipinski definition) is 2. The van der Waals surface area contributed by atoms with Crippen molar-refractivity contribution in [2.45, 2.75) is 67.2 Å². The number of carbonyl (C=O) groups is 2. The summed E-state index contributed by atoms with van der Waals surface area (Å²) in [6, 6.07) is 8.92. The van der Waals surface area contributed by atoms with Gasteiger partial charge in [0.05, 0.1) is 47.7 Å². The van der Waals surface area contributed by atoms with E-state index in [0.717, 1.165) is 39.6 Å². The number of halogens is 1. The Morgan fingerprint density at radius 2 is 1.18 bits per heavy atom. The largest absolute Gasteiger partial charge is 0.465 e. The van der Waals surface area contributed by atoms with Crippen LogP contribution in [0.4, 0.5) is 23.0 Å². The lowest BCUT2D eigenvalue weighted by atomic mass is 10.0. The molecule has 0 aliphatic carbocycles. The van der Waals surface area contributed by atoms with Crippen molar-refractivity contribution in [2.75, 3.05) is 24.9 Å². The lowest BCUT2D eigenvalue weighted by molar-refractivity contribution is 0.0592. The van der Waals surface area contributed by atoms with E-state index >= 15 is 0 Å². The van der Waals surface area contributed by atoms with E-state index in [9.17, 15) is 9.59 Å². The number of aryl methyl sites for hydroxylation is 4. The van der Waals surface area contributed by atoms with Gasteiger partial charge in [-0.2, -0.15) is 0 Å². The molecule has 45 heavy (non-hydrogen) atoms. The third-order valence-electron chi connectivity index (χ3n) is 6.95. The molecule has 0 saturated carbocycles. The van der Waals surface area contributed by atoms with Crippen molar-refractivity contribution in [1.29, 1.82) is 0 Å². The third kappa shape index (κ3) is 8.54. The number of aromatic nitrogens is 4. The quantitative estimate of drug-likeness (QED) is 0.184. The van der Waals surface area contributed by atoms with Gasteiger partial charge in [0.2, 0.25) is 0 Å². The van der Waals surface area contributed by atoms with Crippen molar-refractivity contribution < 1.29 is 19.1 Å². The average Bonchev–Trinajstić information content (AvgIpc) is 3.00. The van der Waals surface area contributed by atoms with Crippen molar-refractivity contribution in [1.82, 2.24) is 19.9 Å². The molecular weight excluding hydrogens is 592 g/mol. The first-order valence-corrected chi connectivity index (χ1v) is 14.9. The average molecular weight is 633 g/mol. The van der Waals surface area contributed by atoms with Crippen LogP contribution in [0.2, 0.25) is 5.02 Å². The van der Waals surface area contributed by atoms with E-state index in [1.807, 2.05) is 32.9 Å². The molecule has 0 amide bonds. The SMILES string of the molecule is COC(=O)c1cc(Cl)c(C)nc1Nc1c(C)ccnc1C(C)C.COC(=O)c1ccc(C)nc1Nc1c(C)ccnc1C(C)C. The van der Waals surface area contributed by atoms with Crippen LogP contribution in [-0.2, 0) is 9.47 Å². The Hall–Kier alpha value is -4.57. The summed E-state index contributed by atoms with van der Waals surface area (Å²) < 4.78 is 9.65. The van der Waals surface area contributed by atoms with Gasteiger partial charge in [-0.15, -0.1) is 0 Å². The number of nitrogens with one attached hydrogen (secondary N) is 2. The van der Waals surface area contributed by atoms with E-state index < -0.39 is 11.9 Å². The van der Waals surface area contributed by atoms with Gasteiger partial charge in [-0.25, -0.2) is 19.6 Å². The summed E-state index contributed by atoms with van der Waals surface area (Å²) >= 11 is 6.09. The number of ether oxygens (including phenoxy) is 2. The molecule has 0 atom stereocenters. The predicted octanol–water partition coefficient (Wildman–Crippen LogP) is 8.15. The minimum Gasteiger partial charge on any atom is -0.465 e. The molecule has 0 aromatic carbocycles. The molecule has 0 bridgehead atoms. The Bertz CT molecular complexity index is 1690. The Labute approximate surface area is 270 Å². The molecule has 2 N–H and O–H groups in total. The van der Waals surface area contributed by atoms with Crippen molar-refractivity contribution >= 4 is 46.6 Å². The van der Waals surface area contributed by atoms with E-state index in [1.165, 1.54) is 14.2 Å². The Morgan fingerprint density at radius 3 is 1.64 bits per heavy atom. The first-order valence-electron chi connectivity index (χ1n) is 14.5. The molecule has 4 aromatic heterocycles. The molecule has 238 valence electrons. The molecule has 4 aromatic rings. The first-order chi connectivity index (χ1) is 21.3. The molecule has 4 heterocycles. The van der Waals surface area contributed by atoms with Crippen LogP contribution < -0.4 is 10.6 Å². The summed E-state index contributed by atoms with van der Waals surface area (Å²) in [6.07, 6.45) is 3.57. The lowest BCUT2D eigenvalue weighted by Gasteiger charge is -2.17. The van der Waals surface area contributed by atoms with Gasteiger partial charge in [-0.1, -0.05) is 39.3 Å². The Morgan fingerprint density at radius 1 is 0.711 bits per heavy atom. The molecule has 4 rings (SSSR count). The van der Waals surface area contributed by atoms with Crippen molar-refractivity contribution in [3.8, 4) is 0 Å². The topological polar surface area (TPSA) is 128 Å². The van der Waals surface area contributed by atoms with Crippen LogP contribution in [0.1, 0.15) is 94.1 Å². The normalized spacial score (nSPS) is 10.7. The molecule has 11 heteroatoms. The highest BCUT2D eigenvalue weighted by molar-refractivity contribution is 6.31. The van der Waals surface area contributed by atoms with Gasteiger partial charge in [-0.05, 0) is 81.0 Å². The molecular formula is C34H41ClN6O4. The van der Waals surface area contributed by atoms with E-state index in [-0.39, 0.29) is 11.8 Å². The van der Waals surface area contributed by atoms with E-state index in [4.69, 9.17) is 21.1 Å². The number of esters is 2. The maximum atomic E-state index is 12.0. The number of anilines is 4. The molecule has 0 aliphatic rings. The maximum absolute atomic E-state index is 12.0. The Kier molecular flexibility index (Phi) is 12.0. The fourth-order valence-corrected chi connectivity index (χ4v) is 4.62. The van der Waals surface area contributed by atoms with Gasteiger partial charge in [-0.3, -0.25) is 9.97 Å². The van der Waals surface area contributed by atoms with Gasteiger partial charge < -0.3 is 20.1 Å². The summed E-state index contributed by atoms with van der Waals surface area (Å²) in [5.74, 6) is 0.486. The second-order valence-electron chi connectivity index (χ2n) is 11.1. The molecule has 0 unspecified atom stereocenters. The van der Waals surface area contributed by atoms with Gasteiger partial charge in [0.25, 0.3) is 0 Å². The molecule has 0 saturated heterocycles. The molecule has 10 nitrogen and oxygen atoms in total. The van der Waals surface area contributed by atoms with Crippen LogP contribution >= 0.6 is 11.6 Å². The van der Waals surface area contributed by atoms with Crippen molar-refractivity contribution in [3.63, 3.8) is 0 Å². The van der Waals surface area contributed by atoms with E-state index in [0.29, 0.717) is 33.5 Å². The van der Waals surface area contributed by atoms with Gasteiger partial charge >= 0.3 is 11.9 Å². The van der Waals surface area contributed by atoms with Crippen LogP contribution in [0.25, 0.3) is 0 Å². The van der Waals surface area contributed by atoms with Crippen LogP contribution in [0.3, 0.4) is 0 Å². The zero-order valence-corrected chi connectivity index (χ0v) is 28.3. The second kappa shape index (κ2) is 15.4. The number of rotatable bonds is 8. The fourth-order valence-electron chi connectivity index (χ4n) is 4.46. The zero-order chi connectivity index (χ0) is 33.4. The highest BCUT2D eigenvalue weighted by Crippen LogP contribution is 2.31. The van der Waals surface area contributed by atoms with Crippen molar-refractivity contribution in [2.24, 2.45) is 0 Å². The number of nitrogens with zero attached hydrogens (tertiary/aromatic N) is 4. The molecule has 0 fully saturated rings. The van der Waals surface area contributed by atoms with Crippen LogP contribution in [-0.4, -0.2) is 46.1 Å². The molecule has 0 aliphatic heterocycles. The smallest absolute Gasteiger partial charge is 0.341 e. The number of pyridine rings is 4. The van der Waals surface area contributed by atoms with E-state index in [1.54, 1.807) is 37.5 Å². The highest BCUT2D eigenvalue weighted by Gasteiger charge is 2.20. The highest BCUT2D eigenvalue weighted by atomic mass is 35.5. The minimum atomic E-state index is -0.491. The summed E-state index contributed by atoms with van der Waals surface area (Å²) in [6.45, 7) is 15.9. The van der Waals surface area contributed by atoms with Crippen molar-refractivity contribution in [3.05, 3.63) is 92.8 Å². The summed E-state index contributed by atoms with van der Waals surface area (Å²) in [4.78, 5) is 41.7. The summed E-state index contributed by atoms with van der Waals surface area (Å²) in [5, 5.41) is 6.93. The van der Waals surface area contributed by atoms with Crippen LogP contribution in [0.15, 0.2) is 42.7 Å². The minimum absolute atomic E-state index is 0.229. The van der Waals surface area contributed by atoms with Gasteiger partial charge in [0.1, 0.15) is 22.8 Å². The van der Waals surface area contributed by atoms with E-state index in [2.05, 4.69) is 58.3 Å². The van der Waals surface area contributed by atoms with Crippen LogP contribution in [0, 0.1) is 27.7 Å². The lowest BCUT2D eigenvalue weighted by Crippen LogP contribution is -2.11.